The lowest BCUT2D eigenvalue weighted by Gasteiger charge is -2.16. The summed E-state index contributed by atoms with van der Waals surface area (Å²) in [5.41, 5.74) is 4.85. The van der Waals surface area contributed by atoms with Gasteiger partial charge >= 0.3 is 0 Å². The van der Waals surface area contributed by atoms with Crippen LogP contribution >= 0.6 is 0 Å². The van der Waals surface area contributed by atoms with Crippen LogP contribution in [0.1, 0.15) is 18.0 Å². The molecule has 5 nitrogen and oxygen atoms in total. The molecule has 3 heterocycles. The van der Waals surface area contributed by atoms with Crippen LogP contribution < -0.4 is 11.3 Å². The second-order valence-electron chi connectivity index (χ2n) is 3.97. The van der Waals surface area contributed by atoms with Crippen LogP contribution in [0, 0.1) is 0 Å². The van der Waals surface area contributed by atoms with Crippen LogP contribution in [0.4, 0.5) is 0 Å². The van der Waals surface area contributed by atoms with Gasteiger partial charge in [-0.15, -0.1) is 0 Å². The fourth-order valence-corrected chi connectivity index (χ4v) is 2.14. The van der Waals surface area contributed by atoms with E-state index in [1.165, 1.54) is 0 Å². The van der Waals surface area contributed by atoms with Crippen molar-refractivity contribution in [3.63, 3.8) is 0 Å². The van der Waals surface area contributed by atoms with Gasteiger partial charge in [0.15, 0.2) is 0 Å². The van der Waals surface area contributed by atoms with Crippen molar-refractivity contribution in [3.8, 4) is 0 Å². The summed E-state index contributed by atoms with van der Waals surface area (Å²) in [6.45, 7) is 0.729. The summed E-state index contributed by atoms with van der Waals surface area (Å²) < 4.78 is 7.39. The number of hydrazine groups is 1. The Labute approximate surface area is 98.8 Å². The van der Waals surface area contributed by atoms with Gasteiger partial charge in [0.2, 0.25) is 0 Å². The van der Waals surface area contributed by atoms with Gasteiger partial charge in [0.05, 0.1) is 18.3 Å². The molecule has 1 atom stereocenters. The zero-order chi connectivity index (χ0) is 11.7. The third-order valence-corrected chi connectivity index (χ3v) is 2.95. The predicted octanol–water partition coefficient (Wildman–Crippen LogP) is 1.14. The molecule has 1 aliphatic heterocycles. The number of hydrogen-bond donors (Lipinski definition) is 2. The number of nitrogens with two attached hydrogens (primary N) is 1. The number of hydrogen-bond acceptors (Lipinski definition) is 4. The smallest absolute Gasteiger partial charge is 0.115 e. The summed E-state index contributed by atoms with van der Waals surface area (Å²) in [5.74, 6) is 6.51. The van der Waals surface area contributed by atoms with Crippen molar-refractivity contribution in [2.45, 2.75) is 12.5 Å². The summed E-state index contributed by atoms with van der Waals surface area (Å²) in [6.07, 6.45) is 6.74. The Kier molecular flexibility index (Phi) is 2.55. The van der Waals surface area contributed by atoms with E-state index in [0.29, 0.717) is 0 Å². The number of fused-ring (bicyclic) bond motifs is 1. The molecule has 0 bridgehead atoms. The van der Waals surface area contributed by atoms with Gasteiger partial charge in [-0.05, 0) is 18.2 Å². The minimum Gasteiger partial charge on any atom is -0.496 e. The first-order valence-electron chi connectivity index (χ1n) is 5.61. The van der Waals surface area contributed by atoms with E-state index >= 15 is 0 Å². The molecule has 0 amide bonds. The van der Waals surface area contributed by atoms with Gasteiger partial charge in [-0.1, -0.05) is 6.07 Å². The van der Waals surface area contributed by atoms with Crippen molar-refractivity contribution in [2.24, 2.45) is 5.84 Å². The monoisotopic (exact) mass is 230 g/mol. The standard InChI is InChI=1S/C12H14N4O/c13-15-12(11-5-3-7-17-11)9-8-14-16-6-2-1-4-10(9)16/h1-2,4-6,8,12,15H,3,7,13H2. The van der Waals surface area contributed by atoms with Crippen molar-refractivity contribution in [1.82, 2.24) is 15.0 Å². The Balaban J connectivity index is 2.06. The van der Waals surface area contributed by atoms with Crippen LogP contribution in [0.15, 0.2) is 42.4 Å². The van der Waals surface area contributed by atoms with Crippen molar-refractivity contribution in [3.05, 3.63) is 48.0 Å². The Morgan fingerprint density at radius 3 is 3.18 bits per heavy atom. The number of pyridine rings is 1. The number of rotatable bonds is 3. The first-order valence-corrected chi connectivity index (χ1v) is 5.61. The van der Waals surface area contributed by atoms with Crippen molar-refractivity contribution < 1.29 is 4.74 Å². The van der Waals surface area contributed by atoms with E-state index < -0.39 is 0 Å². The molecule has 0 saturated heterocycles. The molecule has 88 valence electrons. The van der Waals surface area contributed by atoms with Crippen LogP contribution in [0.5, 0.6) is 0 Å². The third-order valence-electron chi connectivity index (χ3n) is 2.95. The summed E-state index contributed by atoms with van der Waals surface area (Å²) in [6, 6.07) is 5.82. The molecule has 0 aliphatic carbocycles. The van der Waals surface area contributed by atoms with E-state index in [1.54, 1.807) is 0 Å². The molecule has 1 unspecified atom stereocenters. The van der Waals surface area contributed by atoms with E-state index in [0.717, 1.165) is 29.9 Å². The summed E-state index contributed by atoms with van der Waals surface area (Å²) in [4.78, 5) is 0. The molecule has 0 saturated carbocycles. The average Bonchev–Trinajstić information content (AvgIpc) is 3.01. The van der Waals surface area contributed by atoms with E-state index in [1.807, 2.05) is 35.1 Å². The average molecular weight is 230 g/mol. The van der Waals surface area contributed by atoms with E-state index in [2.05, 4.69) is 16.6 Å². The molecule has 3 rings (SSSR count). The van der Waals surface area contributed by atoms with Gasteiger partial charge in [-0.2, -0.15) is 5.10 Å². The molecular weight excluding hydrogens is 216 g/mol. The third kappa shape index (κ3) is 1.69. The minimum atomic E-state index is -0.127. The van der Waals surface area contributed by atoms with Gasteiger partial charge in [-0.3, -0.25) is 5.84 Å². The van der Waals surface area contributed by atoms with Crippen LogP contribution in [-0.4, -0.2) is 16.2 Å². The topological polar surface area (TPSA) is 64.6 Å². The van der Waals surface area contributed by atoms with E-state index in [9.17, 15) is 0 Å². The first-order chi connectivity index (χ1) is 8.40. The molecular formula is C12H14N4O. The number of aromatic nitrogens is 2. The quantitative estimate of drug-likeness (QED) is 0.613. The van der Waals surface area contributed by atoms with Crippen molar-refractivity contribution >= 4 is 5.52 Å². The highest BCUT2D eigenvalue weighted by Gasteiger charge is 2.22. The molecule has 1 aliphatic rings. The highest BCUT2D eigenvalue weighted by molar-refractivity contribution is 5.56. The van der Waals surface area contributed by atoms with Crippen molar-refractivity contribution in [1.29, 1.82) is 0 Å². The largest absolute Gasteiger partial charge is 0.496 e. The lowest BCUT2D eigenvalue weighted by molar-refractivity contribution is 0.216. The predicted molar refractivity (Wildman–Crippen MR) is 63.9 cm³/mol. The molecule has 3 N–H and O–H groups in total. The molecule has 2 aromatic rings. The lowest BCUT2D eigenvalue weighted by atomic mass is 10.1. The molecule has 0 spiro atoms. The van der Waals surface area contributed by atoms with Crippen LogP contribution in [0.3, 0.4) is 0 Å². The first kappa shape index (κ1) is 10.3. The second-order valence-corrected chi connectivity index (χ2v) is 3.97. The molecule has 17 heavy (non-hydrogen) atoms. The summed E-state index contributed by atoms with van der Waals surface area (Å²) in [7, 11) is 0. The van der Waals surface area contributed by atoms with Crippen LogP contribution in [0.25, 0.3) is 5.52 Å². The Bertz CT molecular complexity index is 560. The zero-order valence-electron chi connectivity index (χ0n) is 9.34. The SMILES string of the molecule is NNC(C1=CCCO1)c1cnn2ccccc12. The van der Waals surface area contributed by atoms with Crippen LogP contribution in [-0.2, 0) is 4.74 Å². The number of ether oxygens (including phenoxy) is 1. The van der Waals surface area contributed by atoms with E-state index in [4.69, 9.17) is 10.6 Å². The van der Waals surface area contributed by atoms with Crippen molar-refractivity contribution in [2.75, 3.05) is 6.61 Å². The molecule has 0 radical (unpaired) electrons. The maximum absolute atomic E-state index is 5.63. The fraction of sp³-hybridized carbons (Fsp3) is 0.250. The molecule has 2 aromatic heterocycles. The Morgan fingerprint density at radius 2 is 2.41 bits per heavy atom. The van der Waals surface area contributed by atoms with Crippen LogP contribution in [0.2, 0.25) is 0 Å². The summed E-state index contributed by atoms with van der Waals surface area (Å²) in [5, 5.41) is 4.30. The summed E-state index contributed by atoms with van der Waals surface area (Å²) >= 11 is 0. The maximum atomic E-state index is 5.63. The van der Waals surface area contributed by atoms with Gasteiger partial charge in [0.25, 0.3) is 0 Å². The number of nitrogens with one attached hydrogen (secondary N) is 1. The van der Waals surface area contributed by atoms with Gasteiger partial charge < -0.3 is 4.74 Å². The zero-order valence-corrected chi connectivity index (χ0v) is 9.34. The minimum absolute atomic E-state index is 0.127. The molecule has 0 aromatic carbocycles. The number of nitrogens with zero attached hydrogens (tertiary/aromatic N) is 2. The normalized spacial score (nSPS) is 16.9. The lowest BCUT2D eigenvalue weighted by Crippen LogP contribution is -2.29. The van der Waals surface area contributed by atoms with Gasteiger partial charge in [-0.25, -0.2) is 9.94 Å². The molecule has 5 heteroatoms. The van der Waals surface area contributed by atoms with E-state index in [-0.39, 0.29) is 6.04 Å². The highest BCUT2D eigenvalue weighted by atomic mass is 16.5. The van der Waals surface area contributed by atoms with Gasteiger partial charge in [0, 0.05) is 18.2 Å². The second kappa shape index (κ2) is 4.20. The fourth-order valence-electron chi connectivity index (χ4n) is 2.14. The van der Waals surface area contributed by atoms with Gasteiger partial charge in [0.1, 0.15) is 11.8 Å². The highest BCUT2D eigenvalue weighted by Crippen LogP contribution is 2.28. The molecule has 0 fully saturated rings. The Morgan fingerprint density at radius 1 is 1.47 bits per heavy atom. The Hall–Kier alpha value is -1.85. The maximum Gasteiger partial charge on any atom is 0.115 e.